The number of para-hydroxylation sites is 1. The Morgan fingerprint density at radius 2 is 2.19 bits per heavy atom. The predicted molar refractivity (Wildman–Crippen MR) is 101 cm³/mol. The van der Waals surface area contributed by atoms with E-state index < -0.39 is 0 Å². The van der Waals surface area contributed by atoms with Gasteiger partial charge in [-0.2, -0.15) is 5.10 Å². The van der Waals surface area contributed by atoms with Gasteiger partial charge in [0.25, 0.3) is 5.56 Å². The molecule has 0 unspecified atom stereocenters. The van der Waals surface area contributed by atoms with Crippen molar-refractivity contribution >= 4 is 17.5 Å². The molecule has 3 rings (SSSR count). The van der Waals surface area contributed by atoms with Gasteiger partial charge in [0.2, 0.25) is 5.95 Å². The molecule has 0 saturated heterocycles. The SMILES string of the molecule is COc1ccccc1CNc1nc([C@@H](C)Cn2cc(Cl)cn2)cc(=O)[nH]1. The molecular weight excluding hydrogens is 354 g/mol. The summed E-state index contributed by atoms with van der Waals surface area (Å²) in [4.78, 5) is 19.2. The number of ether oxygens (including phenoxy) is 1. The summed E-state index contributed by atoms with van der Waals surface area (Å²) in [6.45, 7) is 3.05. The molecule has 0 aliphatic carbocycles. The summed E-state index contributed by atoms with van der Waals surface area (Å²) in [6, 6.07) is 9.19. The summed E-state index contributed by atoms with van der Waals surface area (Å²) in [5, 5.41) is 7.89. The third-order valence-corrected chi connectivity index (χ3v) is 4.16. The molecule has 0 aliphatic heterocycles. The standard InChI is InChI=1S/C18H20ClN5O2/c1-12(10-24-11-14(19)9-21-24)15-7-17(25)23-18(22-15)20-8-13-5-3-4-6-16(13)26-2/h3-7,9,11-12H,8,10H2,1-2H3,(H2,20,22,23,25)/t12-/m0/s1. The van der Waals surface area contributed by atoms with E-state index in [1.54, 1.807) is 24.2 Å². The first-order chi connectivity index (χ1) is 12.5. The highest BCUT2D eigenvalue weighted by Crippen LogP contribution is 2.19. The number of hydrogen-bond donors (Lipinski definition) is 2. The summed E-state index contributed by atoms with van der Waals surface area (Å²) >= 11 is 5.89. The zero-order chi connectivity index (χ0) is 18.5. The van der Waals surface area contributed by atoms with Gasteiger partial charge in [-0.05, 0) is 6.07 Å². The highest BCUT2D eigenvalue weighted by molar-refractivity contribution is 6.30. The van der Waals surface area contributed by atoms with Crippen molar-refractivity contribution in [3.8, 4) is 5.75 Å². The predicted octanol–water partition coefficient (Wildman–Crippen LogP) is 3.04. The van der Waals surface area contributed by atoms with Crippen LogP contribution in [0.25, 0.3) is 0 Å². The highest BCUT2D eigenvalue weighted by atomic mass is 35.5. The van der Waals surface area contributed by atoms with Crippen molar-refractivity contribution in [3.63, 3.8) is 0 Å². The highest BCUT2D eigenvalue weighted by Gasteiger charge is 2.12. The number of anilines is 1. The summed E-state index contributed by atoms with van der Waals surface area (Å²) in [6.07, 6.45) is 3.33. The quantitative estimate of drug-likeness (QED) is 0.665. The number of benzene rings is 1. The van der Waals surface area contributed by atoms with Crippen LogP contribution in [0.15, 0.2) is 47.5 Å². The van der Waals surface area contributed by atoms with Crippen LogP contribution in [0.2, 0.25) is 5.02 Å². The Balaban J connectivity index is 1.73. The molecule has 1 aromatic carbocycles. The van der Waals surface area contributed by atoms with E-state index in [4.69, 9.17) is 16.3 Å². The number of hydrogen-bond acceptors (Lipinski definition) is 5. The second-order valence-electron chi connectivity index (χ2n) is 5.97. The normalized spacial score (nSPS) is 12.0. The van der Waals surface area contributed by atoms with Crippen molar-refractivity contribution in [2.75, 3.05) is 12.4 Å². The average molecular weight is 374 g/mol. The number of aromatic nitrogens is 4. The van der Waals surface area contributed by atoms with Crippen LogP contribution in [0.5, 0.6) is 5.75 Å². The molecule has 2 N–H and O–H groups in total. The zero-order valence-electron chi connectivity index (χ0n) is 14.6. The van der Waals surface area contributed by atoms with Crippen LogP contribution >= 0.6 is 11.6 Å². The van der Waals surface area contributed by atoms with Crippen molar-refractivity contribution in [1.82, 2.24) is 19.7 Å². The van der Waals surface area contributed by atoms with E-state index >= 15 is 0 Å². The molecule has 0 saturated carbocycles. The molecular formula is C18H20ClN5O2. The van der Waals surface area contributed by atoms with Gasteiger partial charge in [0.05, 0.1) is 24.0 Å². The number of nitrogens with zero attached hydrogens (tertiary/aromatic N) is 3. The maximum absolute atomic E-state index is 12.0. The number of rotatable bonds is 7. The van der Waals surface area contributed by atoms with Gasteiger partial charge in [-0.1, -0.05) is 36.7 Å². The second kappa shape index (κ2) is 8.05. The van der Waals surface area contributed by atoms with Gasteiger partial charge in [0.1, 0.15) is 5.75 Å². The van der Waals surface area contributed by atoms with Crippen LogP contribution in [0.1, 0.15) is 24.1 Å². The Hall–Kier alpha value is -2.80. The van der Waals surface area contributed by atoms with E-state index in [0.717, 1.165) is 11.3 Å². The molecule has 26 heavy (non-hydrogen) atoms. The molecule has 0 amide bonds. The maximum Gasteiger partial charge on any atom is 0.252 e. The van der Waals surface area contributed by atoms with E-state index in [9.17, 15) is 4.79 Å². The lowest BCUT2D eigenvalue weighted by Gasteiger charge is -2.13. The molecule has 0 radical (unpaired) electrons. The molecule has 7 nitrogen and oxygen atoms in total. The van der Waals surface area contributed by atoms with Gasteiger partial charge in [0.15, 0.2) is 0 Å². The number of aromatic amines is 1. The largest absolute Gasteiger partial charge is 0.496 e. The van der Waals surface area contributed by atoms with Gasteiger partial charge in [0, 0.05) is 36.8 Å². The molecule has 8 heteroatoms. The van der Waals surface area contributed by atoms with E-state index in [2.05, 4.69) is 20.4 Å². The minimum Gasteiger partial charge on any atom is -0.496 e. The number of H-pyrrole nitrogens is 1. The summed E-state index contributed by atoms with van der Waals surface area (Å²) in [5.41, 5.74) is 1.45. The Bertz CT molecular complexity index is 937. The lowest BCUT2D eigenvalue weighted by Crippen LogP contribution is -2.17. The molecule has 0 spiro atoms. The van der Waals surface area contributed by atoms with Crippen molar-refractivity contribution in [1.29, 1.82) is 0 Å². The fourth-order valence-electron chi connectivity index (χ4n) is 2.65. The zero-order valence-corrected chi connectivity index (χ0v) is 15.3. The molecule has 0 bridgehead atoms. The van der Waals surface area contributed by atoms with Gasteiger partial charge in [-0.3, -0.25) is 14.5 Å². The average Bonchev–Trinajstić information content (AvgIpc) is 3.04. The number of nitrogens with one attached hydrogen (secondary N) is 2. The topological polar surface area (TPSA) is 84.8 Å². The molecule has 136 valence electrons. The summed E-state index contributed by atoms with van der Waals surface area (Å²) in [5.74, 6) is 1.20. The van der Waals surface area contributed by atoms with Crippen LogP contribution in [0.4, 0.5) is 5.95 Å². The van der Waals surface area contributed by atoms with Crippen LogP contribution in [0.3, 0.4) is 0 Å². The molecule has 1 atom stereocenters. The first-order valence-electron chi connectivity index (χ1n) is 8.20. The van der Waals surface area contributed by atoms with Gasteiger partial charge >= 0.3 is 0 Å². The minimum atomic E-state index is -0.206. The molecule has 3 aromatic rings. The Morgan fingerprint density at radius 3 is 2.92 bits per heavy atom. The van der Waals surface area contributed by atoms with E-state index in [0.29, 0.717) is 29.8 Å². The monoisotopic (exact) mass is 373 g/mol. The smallest absolute Gasteiger partial charge is 0.252 e. The van der Waals surface area contributed by atoms with Gasteiger partial charge < -0.3 is 10.1 Å². The summed E-state index contributed by atoms with van der Waals surface area (Å²) < 4.78 is 7.07. The lowest BCUT2D eigenvalue weighted by atomic mass is 10.1. The number of methoxy groups -OCH3 is 1. The summed E-state index contributed by atoms with van der Waals surface area (Å²) in [7, 11) is 1.63. The molecule has 0 fully saturated rings. The van der Waals surface area contributed by atoms with E-state index in [-0.39, 0.29) is 11.5 Å². The molecule has 2 heterocycles. The minimum absolute atomic E-state index is 0.0000723. The third-order valence-electron chi connectivity index (χ3n) is 3.97. The molecule has 0 aliphatic rings. The van der Waals surface area contributed by atoms with Gasteiger partial charge in [-0.25, -0.2) is 4.98 Å². The van der Waals surface area contributed by atoms with Crippen molar-refractivity contribution in [2.24, 2.45) is 0 Å². The van der Waals surface area contributed by atoms with Crippen LogP contribution in [0, 0.1) is 0 Å². The lowest BCUT2D eigenvalue weighted by molar-refractivity contribution is 0.410. The third kappa shape index (κ3) is 4.43. The van der Waals surface area contributed by atoms with E-state index in [1.807, 2.05) is 31.2 Å². The van der Waals surface area contributed by atoms with Crippen molar-refractivity contribution < 1.29 is 4.74 Å². The maximum atomic E-state index is 12.0. The van der Waals surface area contributed by atoms with E-state index in [1.165, 1.54) is 6.07 Å². The van der Waals surface area contributed by atoms with Crippen molar-refractivity contribution in [2.45, 2.75) is 25.9 Å². The fraction of sp³-hybridized carbons (Fsp3) is 0.278. The molecule has 2 aromatic heterocycles. The van der Waals surface area contributed by atoms with Gasteiger partial charge in [-0.15, -0.1) is 0 Å². The number of halogens is 1. The first-order valence-corrected chi connectivity index (χ1v) is 8.58. The van der Waals surface area contributed by atoms with Crippen LogP contribution in [-0.4, -0.2) is 26.9 Å². The van der Waals surface area contributed by atoms with Crippen molar-refractivity contribution in [3.05, 3.63) is 69.4 Å². The first kappa shape index (κ1) is 18.0. The van der Waals surface area contributed by atoms with Crippen LogP contribution < -0.4 is 15.6 Å². The Kier molecular flexibility index (Phi) is 5.58. The Labute approximate surface area is 156 Å². The van der Waals surface area contributed by atoms with Crippen LogP contribution in [-0.2, 0) is 13.1 Å². The second-order valence-corrected chi connectivity index (χ2v) is 6.40. The Morgan fingerprint density at radius 1 is 1.38 bits per heavy atom. The fourth-order valence-corrected chi connectivity index (χ4v) is 2.81.